The van der Waals surface area contributed by atoms with Gasteiger partial charge in [0, 0.05) is 25.2 Å². The van der Waals surface area contributed by atoms with Crippen molar-refractivity contribution in [3.8, 4) is 5.69 Å². The van der Waals surface area contributed by atoms with Crippen LogP contribution in [-0.4, -0.2) is 44.3 Å². The fourth-order valence-corrected chi connectivity index (χ4v) is 3.37. The van der Waals surface area contributed by atoms with E-state index in [0.717, 1.165) is 24.9 Å². The van der Waals surface area contributed by atoms with Gasteiger partial charge in [0.2, 0.25) is 5.91 Å². The first kappa shape index (κ1) is 18.1. The van der Waals surface area contributed by atoms with E-state index >= 15 is 0 Å². The van der Waals surface area contributed by atoms with Gasteiger partial charge in [0.25, 0.3) is 0 Å². The summed E-state index contributed by atoms with van der Waals surface area (Å²) in [7, 11) is 0. The molecule has 0 aliphatic carbocycles. The average Bonchev–Trinajstić information content (AvgIpc) is 3.09. The molecule has 0 bridgehead atoms. The third-order valence-corrected chi connectivity index (χ3v) is 4.71. The molecule has 1 saturated heterocycles. The van der Waals surface area contributed by atoms with Gasteiger partial charge in [-0.05, 0) is 56.0 Å². The van der Waals surface area contributed by atoms with Crippen LogP contribution in [-0.2, 0) is 16.0 Å². The number of hydrogen-bond acceptors (Lipinski definition) is 3. The number of aliphatic carboxylic acids is 1. The zero-order valence-electron chi connectivity index (χ0n) is 14.5. The summed E-state index contributed by atoms with van der Waals surface area (Å²) in [6.45, 7) is 0.668. The number of nitrogens with zero attached hydrogens (tertiary/aromatic N) is 3. The zero-order valence-corrected chi connectivity index (χ0v) is 14.5. The molecule has 1 atom stereocenters. The summed E-state index contributed by atoms with van der Waals surface area (Å²) in [6.07, 6.45) is 5.31. The van der Waals surface area contributed by atoms with Crippen LogP contribution >= 0.6 is 0 Å². The molecule has 1 aromatic heterocycles. The number of piperidine rings is 1. The normalized spacial score (nSPS) is 17.3. The van der Waals surface area contributed by atoms with E-state index in [1.54, 1.807) is 29.1 Å². The monoisotopic (exact) mass is 359 g/mol. The predicted molar refractivity (Wildman–Crippen MR) is 93.4 cm³/mol. The first-order valence-corrected chi connectivity index (χ1v) is 8.84. The summed E-state index contributed by atoms with van der Waals surface area (Å²) in [5, 5.41) is 13.3. The van der Waals surface area contributed by atoms with Crippen molar-refractivity contribution in [3.05, 3.63) is 48.0 Å². The fraction of sp³-hybridized carbons (Fsp3) is 0.421. The van der Waals surface area contributed by atoms with Crippen LogP contribution in [0.15, 0.2) is 36.5 Å². The Morgan fingerprint density at radius 2 is 1.96 bits per heavy atom. The second kappa shape index (κ2) is 8.12. The maximum atomic E-state index is 13.0. The molecule has 0 saturated carbocycles. The Labute approximate surface area is 151 Å². The summed E-state index contributed by atoms with van der Waals surface area (Å²) in [5.74, 6) is -1.17. The Hall–Kier alpha value is -2.70. The molecule has 1 amide bonds. The Morgan fingerprint density at radius 3 is 2.69 bits per heavy atom. The van der Waals surface area contributed by atoms with Gasteiger partial charge in [-0.2, -0.15) is 5.10 Å². The van der Waals surface area contributed by atoms with E-state index in [-0.39, 0.29) is 30.6 Å². The average molecular weight is 359 g/mol. The van der Waals surface area contributed by atoms with Gasteiger partial charge in [-0.1, -0.05) is 0 Å². The number of amides is 1. The molecule has 0 radical (unpaired) electrons. The van der Waals surface area contributed by atoms with Crippen LogP contribution < -0.4 is 0 Å². The van der Waals surface area contributed by atoms with E-state index in [1.165, 1.54) is 12.1 Å². The minimum Gasteiger partial charge on any atom is -0.481 e. The van der Waals surface area contributed by atoms with Crippen LogP contribution in [0.5, 0.6) is 0 Å². The topological polar surface area (TPSA) is 75.4 Å². The molecule has 3 rings (SSSR count). The number of carboxylic acids is 1. The summed E-state index contributed by atoms with van der Waals surface area (Å²) < 4.78 is 14.6. The summed E-state index contributed by atoms with van der Waals surface area (Å²) in [5.41, 5.74) is 1.37. The molecule has 138 valence electrons. The Bertz CT molecular complexity index is 773. The van der Waals surface area contributed by atoms with Crippen molar-refractivity contribution < 1.29 is 19.1 Å². The van der Waals surface area contributed by atoms with Crippen molar-refractivity contribution in [1.82, 2.24) is 14.7 Å². The fourth-order valence-electron chi connectivity index (χ4n) is 3.37. The zero-order chi connectivity index (χ0) is 18.5. The Morgan fingerprint density at radius 1 is 1.19 bits per heavy atom. The van der Waals surface area contributed by atoms with Crippen LogP contribution in [0.3, 0.4) is 0 Å². The molecule has 2 heterocycles. The first-order valence-electron chi connectivity index (χ1n) is 8.84. The van der Waals surface area contributed by atoms with Crippen molar-refractivity contribution in [1.29, 1.82) is 0 Å². The number of likely N-dealkylation sites (tertiary alicyclic amines) is 1. The minimum atomic E-state index is -0.832. The van der Waals surface area contributed by atoms with Crippen LogP contribution in [0.25, 0.3) is 5.69 Å². The van der Waals surface area contributed by atoms with Crippen molar-refractivity contribution in [2.24, 2.45) is 0 Å². The molecule has 26 heavy (non-hydrogen) atoms. The summed E-state index contributed by atoms with van der Waals surface area (Å²) >= 11 is 0. The van der Waals surface area contributed by atoms with Gasteiger partial charge in [-0.25, -0.2) is 9.07 Å². The molecule has 1 aliphatic rings. The molecule has 7 heteroatoms. The summed E-state index contributed by atoms with van der Waals surface area (Å²) in [6, 6.07) is 7.75. The molecule has 6 nitrogen and oxygen atoms in total. The molecular formula is C19H22FN3O3. The van der Waals surface area contributed by atoms with Crippen LogP contribution in [0.4, 0.5) is 4.39 Å². The highest BCUT2D eigenvalue weighted by Gasteiger charge is 2.27. The van der Waals surface area contributed by atoms with Gasteiger partial charge in [-0.15, -0.1) is 0 Å². The van der Waals surface area contributed by atoms with Crippen LogP contribution in [0, 0.1) is 5.82 Å². The highest BCUT2D eigenvalue weighted by Crippen LogP contribution is 2.22. The first-order chi connectivity index (χ1) is 12.5. The number of carbonyl (C=O) groups is 2. The van der Waals surface area contributed by atoms with Gasteiger partial charge < -0.3 is 10.0 Å². The maximum absolute atomic E-state index is 13.0. The SMILES string of the molecule is O=C(O)CC[C@H]1CCCCN1C(=O)Cc1ccn(-c2ccc(F)cc2)n1. The second-order valence-corrected chi connectivity index (χ2v) is 6.57. The number of hydrogen-bond donors (Lipinski definition) is 1. The lowest BCUT2D eigenvalue weighted by atomic mass is 9.97. The van der Waals surface area contributed by atoms with E-state index in [1.807, 2.05) is 4.90 Å². The number of rotatable bonds is 6. The second-order valence-electron chi connectivity index (χ2n) is 6.57. The quantitative estimate of drug-likeness (QED) is 0.861. The summed E-state index contributed by atoms with van der Waals surface area (Å²) in [4.78, 5) is 25.3. The largest absolute Gasteiger partial charge is 0.481 e. The number of halogens is 1. The van der Waals surface area contributed by atoms with Gasteiger partial charge in [-0.3, -0.25) is 9.59 Å². The maximum Gasteiger partial charge on any atom is 0.303 e. The molecule has 0 spiro atoms. The molecule has 1 fully saturated rings. The number of benzene rings is 1. The molecule has 1 N–H and O–H groups in total. The number of carbonyl (C=O) groups excluding carboxylic acids is 1. The third kappa shape index (κ3) is 4.47. The predicted octanol–water partition coefficient (Wildman–Crippen LogP) is 2.80. The highest BCUT2D eigenvalue weighted by molar-refractivity contribution is 5.79. The molecular weight excluding hydrogens is 337 g/mol. The number of carboxylic acid groups (broad SMARTS) is 1. The van der Waals surface area contributed by atoms with Gasteiger partial charge in [0.1, 0.15) is 5.82 Å². The smallest absolute Gasteiger partial charge is 0.303 e. The van der Waals surface area contributed by atoms with Crippen LogP contribution in [0.2, 0.25) is 0 Å². The van der Waals surface area contributed by atoms with E-state index in [4.69, 9.17) is 5.11 Å². The highest BCUT2D eigenvalue weighted by atomic mass is 19.1. The van der Waals surface area contributed by atoms with E-state index < -0.39 is 5.97 Å². The van der Waals surface area contributed by atoms with E-state index in [0.29, 0.717) is 18.7 Å². The Balaban J connectivity index is 1.65. The molecule has 2 aromatic rings. The van der Waals surface area contributed by atoms with Gasteiger partial charge in [0.15, 0.2) is 0 Å². The van der Waals surface area contributed by atoms with Crippen molar-refractivity contribution in [3.63, 3.8) is 0 Å². The van der Waals surface area contributed by atoms with E-state index in [2.05, 4.69) is 5.10 Å². The minimum absolute atomic E-state index is 0.00784. The van der Waals surface area contributed by atoms with Crippen LogP contribution in [0.1, 0.15) is 37.8 Å². The molecule has 1 aliphatic heterocycles. The van der Waals surface area contributed by atoms with Crippen molar-refractivity contribution in [2.75, 3.05) is 6.54 Å². The lowest BCUT2D eigenvalue weighted by Crippen LogP contribution is -2.44. The number of aromatic nitrogens is 2. The molecule has 1 aromatic carbocycles. The van der Waals surface area contributed by atoms with Gasteiger partial charge in [0.05, 0.1) is 17.8 Å². The molecule has 0 unspecified atom stereocenters. The lowest BCUT2D eigenvalue weighted by molar-refractivity contribution is -0.139. The van der Waals surface area contributed by atoms with Gasteiger partial charge >= 0.3 is 5.97 Å². The Kier molecular flexibility index (Phi) is 5.65. The lowest BCUT2D eigenvalue weighted by Gasteiger charge is -2.35. The third-order valence-electron chi connectivity index (χ3n) is 4.71. The van der Waals surface area contributed by atoms with Crippen molar-refractivity contribution >= 4 is 11.9 Å². The van der Waals surface area contributed by atoms with Crippen molar-refractivity contribution in [2.45, 2.75) is 44.6 Å². The van der Waals surface area contributed by atoms with E-state index in [9.17, 15) is 14.0 Å². The standard InChI is InChI=1S/C19H22FN3O3/c20-14-4-6-17(7-5-14)23-12-10-15(21-23)13-18(24)22-11-2-1-3-16(22)8-9-19(25)26/h4-7,10,12,16H,1-3,8-9,11,13H2,(H,25,26)/t16-/m1/s1.